The number of amides is 1. The first-order chi connectivity index (χ1) is 12.5. The van der Waals surface area contributed by atoms with Gasteiger partial charge in [-0.2, -0.15) is 0 Å². The Bertz CT molecular complexity index is 964. The van der Waals surface area contributed by atoms with E-state index in [-0.39, 0.29) is 18.0 Å². The monoisotopic (exact) mass is 369 g/mol. The number of carboxylic acid groups (broad SMARTS) is 1. The minimum absolute atomic E-state index is 0.0796. The van der Waals surface area contributed by atoms with Gasteiger partial charge in [-0.05, 0) is 24.1 Å². The molecular formula is C19H14ClN2O4-. The molecule has 0 aliphatic carbocycles. The van der Waals surface area contributed by atoms with Gasteiger partial charge in [-0.15, -0.1) is 0 Å². The van der Waals surface area contributed by atoms with Crippen LogP contribution in [0.4, 0.5) is 0 Å². The van der Waals surface area contributed by atoms with Crippen molar-refractivity contribution in [2.24, 2.45) is 0 Å². The molecule has 1 heterocycles. The van der Waals surface area contributed by atoms with Crippen LogP contribution in [0.2, 0.25) is 5.02 Å². The number of rotatable bonds is 5. The van der Waals surface area contributed by atoms with E-state index >= 15 is 0 Å². The lowest BCUT2D eigenvalue weighted by Gasteiger charge is -2.08. The zero-order valence-electron chi connectivity index (χ0n) is 13.8. The number of carboxylic acids is 1. The standard InChI is InChI=1S/C19H15ClN2O4/c1-11-16(17(22-26-11)14-4-2-3-5-15(14)20)18(23)21-10-12-6-8-13(9-7-12)19(24)25/h2-9H,10H2,1H3,(H,21,23)(H,24,25)/p-1. The Morgan fingerprint density at radius 1 is 1.15 bits per heavy atom. The topological polar surface area (TPSA) is 95.3 Å². The number of hydrogen-bond donors (Lipinski definition) is 1. The number of nitrogens with one attached hydrogen (secondary N) is 1. The molecule has 0 aliphatic rings. The highest BCUT2D eigenvalue weighted by Gasteiger charge is 2.22. The van der Waals surface area contributed by atoms with Gasteiger partial charge in [-0.1, -0.05) is 59.2 Å². The number of aryl methyl sites for hydroxylation is 1. The Morgan fingerprint density at radius 2 is 1.85 bits per heavy atom. The molecule has 26 heavy (non-hydrogen) atoms. The third-order valence-electron chi connectivity index (χ3n) is 3.86. The number of hydrogen-bond acceptors (Lipinski definition) is 5. The predicted molar refractivity (Wildman–Crippen MR) is 93.6 cm³/mol. The number of benzene rings is 2. The molecule has 0 saturated heterocycles. The summed E-state index contributed by atoms with van der Waals surface area (Å²) in [7, 11) is 0. The molecule has 1 N–H and O–H groups in total. The minimum atomic E-state index is -1.25. The van der Waals surface area contributed by atoms with Gasteiger partial charge in [0.05, 0.1) is 11.0 Å². The van der Waals surface area contributed by atoms with Crippen LogP contribution in [-0.4, -0.2) is 17.0 Å². The summed E-state index contributed by atoms with van der Waals surface area (Å²) in [5, 5.41) is 18.0. The molecule has 0 fully saturated rings. The van der Waals surface area contributed by atoms with E-state index in [0.717, 1.165) is 5.56 Å². The fourth-order valence-corrected chi connectivity index (χ4v) is 2.73. The lowest BCUT2D eigenvalue weighted by atomic mass is 10.1. The summed E-state index contributed by atoms with van der Waals surface area (Å²) in [5.74, 6) is -1.22. The molecule has 2 aromatic carbocycles. The zero-order valence-corrected chi connectivity index (χ0v) is 14.5. The summed E-state index contributed by atoms with van der Waals surface area (Å²) in [5.41, 5.74) is 2.12. The van der Waals surface area contributed by atoms with E-state index in [9.17, 15) is 14.7 Å². The number of carbonyl (C=O) groups excluding carboxylic acids is 2. The average molecular weight is 370 g/mol. The van der Waals surface area contributed by atoms with Crippen LogP contribution >= 0.6 is 11.6 Å². The molecule has 0 unspecified atom stereocenters. The second kappa shape index (κ2) is 7.41. The molecule has 3 aromatic rings. The lowest BCUT2D eigenvalue weighted by molar-refractivity contribution is -0.255. The van der Waals surface area contributed by atoms with Crippen molar-refractivity contribution in [1.29, 1.82) is 0 Å². The molecule has 0 atom stereocenters. The summed E-state index contributed by atoms with van der Waals surface area (Å²) < 4.78 is 5.18. The molecule has 6 nitrogen and oxygen atoms in total. The fraction of sp³-hybridized carbons (Fsp3) is 0.105. The van der Waals surface area contributed by atoms with Crippen molar-refractivity contribution in [2.45, 2.75) is 13.5 Å². The van der Waals surface area contributed by atoms with E-state index in [2.05, 4.69) is 10.5 Å². The highest BCUT2D eigenvalue weighted by atomic mass is 35.5. The van der Waals surface area contributed by atoms with Crippen molar-refractivity contribution in [2.75, 3.05) is 0 Å². The maximum Gasteiger partial charge on any atom is 0.257 e. The van der Waals surface area contributed by atoms with Gasteiger partial charge in [-0.25, -0.2) is 0 Å². The maximum atomic E-state index is 12.6. The van der Waals surface area contributed by atoms with E-state index < -0.39 is 5.97 Å². The zero-order chi connectivity index (χ0) is 18.7. The van der Waals surface area contributed by atoms with Crippen LogP contribution in [0, 0.1) is 6.92 Å². The molecular weight excluding hydrogens is 356 g/mol. The molecule has 0 aliphatic heterocycles. The highest BCUT2D eigenvalue weighted by Crippen LogP contribution is 2.30. The predicted octanol–water partition coefficient (Wildman–Crippen LogP) is 2.60. The van der Waals surface area contributed by atoms with Crippen LogP contribution < -0.4 is 10.4 Å². The lowest BCUT2D eigenvalue weighted by Crippen LogP contribution is -2.24. The van der Waals surface area contributed by atoms with Crippen LogP contribution in [0.1, 0.15) is 32.0 Å². The summed E-state index contributed by atoms with van der Waals surface area (Å²) in [6.07, 6.45) is 0. The van der Waals surface area contributed by atoms with Crippen molar-refractivity contribution in [3.63, 3.8) is 0 Å². The molecule has 0 spiro atoms. The Morgan fingerprint density at radius 3 is 2.50 bits per heavy atom. The van der Waals surface area contributed by atoms with Crippen molar-refractivity contribution >= 4 is 23.5 Å². The van der Waals surface area contributed by atoms with Crippen LogP contribution in [0.3, 0.4) is 0 Å². The van der Waals surface area contributed by atoms with Gasteiger partial charge in [0.15, 0.2) is 0 Å². The normalized spacial score (nSPS) is 10.5. The van der Waals surface area contributed by atoms with E-state index in [1.807, 2.05) is 0 Å². The van der Waals surface area contributed by atoms with Crippen molar-refractivity contribution in [3.05, 3.63) is 76.0 Å². The van der Waals surface area contributed by atoms with E-state index in [1.165, 1.54) is 12.1 Å². The van der Waals surface area contributed by atoms with Gasteiger partial charge in [0.2, 0.25) is 0 Å². The highest BCUT2D eigenvalue weighted by molar-refractivity contribution is 6.33. The Hall–Kier alpha value is -3.12. The summed E-state index contributed by atoms with van der Waals surface area (Å²) in [6.45, 7) is 1.87. The molecule has 0 bridgehead atoms. The molecule has 132 valence electrons. The molecule has 0 saturated carbocycles. The van der Waals surface area contributed by atoms with E-state index in [1.54, 1.807) is 43.3 Å². The number of aromatic nitrogens is 1. The SMILES string of the molecule is Cc1onc(-c2ccccc2Cl)c1C(=O)NCc1ccc(C(=O)[O-])cc1. The van der Waals surface area contributed by atoms with E-state index in [0.29, 0.717) is 27.6 Å². The first kappa shape index (κ1) is 17.7. The Labute approximate surface area is 154 Å². The third-order valence-corrected chi connectivity index (χ3v) is 4.19. The van der Waals surface area contributed by atoms with Crippen LogP contribution in [0.15, 0.2) is 53.1 Å². The second-order valence-electron chi connectivity index (χ2n) is 5.61. The van der Waals surface area contributed by atoms with Gasteiger partial charge in [0.25, 0.3) is 5.91 Å². The number of carbonyl (C=O) groups is 2. The smallest absolute Gasteiger partial charge is 0.257 e. The first-order valence-electron chi connectivity index (χ1n) is 7.77. The summed E-state index contributed by atoms with van der Waals surface area (Å²) >= 11 is 6.19. The molecule has 1 aromatic heterocycles. The van der Waals surface area contributed by atoms with Gasteiger partial charge in [0, 0.05) is 12.1 Å². The first-order valence-corrected chi connectivity index (χ1v) is 8.15. The second-order valence-corrected chi connectivity index (χ2v) is 6.02. The van der Waals surface area contributed by atoms with Gasteiger partial charge < -0.3 is 19.7 Å². The minimum Gasteiger partial charge on any atom is -0.545 e. The number of nitrogens with zero attached hydrogens (tertiary/aromatic N) is 1. The van der Waals surface area contributed by atoms with Crippen LogP contribution in [0.5, 0.6) is 0 Å². The molecule has 3 rings (SSSR count). The number of aromatic carboxylic acids is 1. The summed E-state index contributed by atoms with van der Waals surface area (Å²) in [4.78, 5) is 23.4. The van der Waals surface area contributed by atoms with Gasteiger partial charge in [0.1, 0.15) is 17.0 Å². The largest absolute Gasteiger partial charge is 0.545 e. The Kier molecular flexibility index (Phi) is 5.04. The van der Waals surface area contributed by atoms with Crippen molar-refractivity contribution in [1.82, 2.24) is 10.5 Å². The van der Waals surface area contributed by atoms with Crippen molar-refractivity contribution < 1.29 is 19.2 Å². The maximum absolute atomic E-state index is 12.6. The van der Waals surface area contributed by atoms with Crippen molar-refractivity contribution in [3.8, 4) is 11.3 Å². The van der Waals surface area contributed by atoms with E-state index in [4.69, 9.17) is 16.1 Å². The van der Waals surface area contributed by atoms with Crippen LogP contribution in [0.25, 0.3) is 11.3 Å². The quantitative estimate of drug-likeness (QED) is 0.745. The van der Waals surface area contributed by atoms with Crippen LogP contribution in [-0.2, 0) is 6.54 Å². The molecule has 0 radical (unpaired) electrons. The van der Waals surface area contributed by atoms with Gasteiger partial charge >= 0.3 is 0 Å². The summed E-state index contributed by atoms with van der Waals surface area (Å²) in [6, 6.07) is 13.1. The number of halogens is 1. The third kappa shape index (κ3) is 3.60. The average Bonchev–Trinajstić information content (AvgIpc) is 3.02. The molecule has 7 heteroatoms. The van der Waals surface area contributed by atoms with Gasteiger partial charge in [-0.3, -0.25) is 4.79 Å². The Balaban J connectivity index is 1.79. The molecule has 1 amide bonds. The fourth-order valence-electron chi connectivity index (χ4n) is 2.51.